The molecule has 0 radical (unpaired) electrons. The first kappa shape index (κ1) is 14.9. The van der Waals surface area contributed by atoms with Crippen molar-refractivity contribution in [2.45, 2.75) is 26.3 Å². The maximum absolute atomic E-state index is 11.2. The Bertz CT molecular complexity index is 601. The van der Waals surface area contributed by atoms with Crippen LogP contribution in [0.15, 0.2) is 17.5 Å². The third-order valence-electron chi connectivity index (χ3n) is 3.18. The predicted octanol–water partition coefficient (Wildman–Crippen LogP) is 3.38. The van der Waals surface area contributed by atoms with Crippen molar-refractivity contribution in [2.75, 3.05) is 11.9 Å². The van der Waals surface area contributed by atoms with Crippen molar-refractivity contribution in [3.63, 3.8) is 0 Å². The van der Waals surface area contributed by atoms with E-state index in [1.165, 1.54) is 4.88 Å². The molecule has 4 nitrogen and oxygen atoms in total. The van der Waals surface area contributed by atoms with Crippen molar-refractivity contribution in [3.8, 4) is 0 Å². The Hall–Kier alpha value is -1.46. The third-order valence-corrected chi connectivity index (χ3v) is 4.37. The monoisotopic (exact) mass is 309 g/mol. The zero-order chi connectivity index (χ0) is 14.7. The molecule has 0 N–H and O–H groups in total. The van der Waals surface area contributed by atoms with Gasteiger partial charge in [0.2, 0.25) is 0 Å². The molecule has 0 aliphatic carbocycles. The number of halogens is 1. The highest BCUT2D eigenvalue weighted by Gasteiger charge is 2.19. The van der Waals surface area contributed by atoms with Crippen LogP contribution < -0.4 is 4.90 Å². The van der Waals surface area contributed by atoms with Crippen LogP contribution >= 0.6 is 22.9 Å². The number of aryl methyl sites for hydroxylation is 1. The van der Waals surface area contributed by atoms with Crippen LogP contribution in [0.4, 0.5) is 5.82 Å². The Balaban J connectivity index is 2.28. The smallest absolute Gasteiger partial charge is 0.156 e. The highest BCUT2D eigenvalue weighted by molar-refractivity contribution is 7.09. The molecule has 2 rings (SSSR count). The summed E-state index contributed by atoms with van der Waals surface area (Å²) >= 11 is 7.74. The van der Waals surface area contributed by atoms with E-state index in [2.05, 4.69) is 28.3 Å². The number of thiophene rings is 1. The molecule has 1 atom stereocenters. The number of anilines is 1. The maximum Gasteiger partial charge on any atom is 0.156 e. The van der Waals surface area contributed by atoms with Crippen molar-refractivity contribution < 1.29 is 4.79 Å². The zero-order valence-corrected chi connectivity index (χ0v) is 13.2. The lowest BCUT2D eigenvalue weighted by Gasteiger charge is -2.27. The number of carbonyl (C=O) groups is 1. The highest BCUT2D eigenvalue weighted by Crippen LogP contribution is 2.24. The molecule has 2 aromatic rings. The predicted molar refractivity (Wildman–Crippen MR) is 83.1 cm³/mol. The van der Waals surface area contributed by atoms with Crippen molar-refractivity contribution in [1.29, 1.82) is 0 Å². The molecule has 0 saturated heterocycles. The first-order valence-corrected chi connectivity index (χ1v) is 7.53. The van der Waals surface area contributed by atoms with Gasteiger partial charge in [0.15, 0.2) is 6.29 Å². The van der Waals surface area contributed by atoms with E-state index in [1.54, 1.807) is 18.3 Å². The Morgan fingerprint density at radius 3 is 2.85 bits per heavy atom. The molecular weight excluding hydrogens is 294 g/mol. The van der Waals surface area contributed by atoms with Crippen molar-refractivity contribution in [2.24, 2.45) is 0 Å². The molecule has 0 fully saturated rings. The standard InChI is InChI=1S/C14H16ClN3OS/c1-9(7-11-5-4-6-20-11)18(3)14-12(8-19)13(15)16-10(2)17-14/h4-6,8-9H,7H2,1-3H3. The fourth-order valence-electron chi connectivity index (χ4n) is 1.97. The second kappa shape index (κ2) is 6.33. The van der Waals surface area contributed by atoms with E-state index in [9.17, 15) is 4.79 Å². The number of rotatable bonds is 5. The molecule has 106 valence electrons. The second-order valence-corrected chi connectivity index (χ2v) is 6.05. The molecule has 0 aliphatic heterocycles. The van der Waals surface area contributed by atoms with Crippen molar-refractivity contribution >= 4 is 35.0 Å². The summed E-state index contributed by atoms with van der Waals surface area (Å²) in [5.41, 5.74) is 0.345. The largest absolute Gasteiger partial charge is 0.356 e. The summed E-state index contributed by atoms with van der Waals surface area (Å²) in [6.07, 6.45) is 1.61. The molecule has 0 aromatic carbocycles. The molecule has 6 heteroatoms. The minimum Gasteiger partial charge on any atom is -0.356 e. The number of aldehydes is 1. The van der Waals surface area contributed by atoms with E-state index >= 15 is 0 Å². The van der Waals surface area contributed by atoms with Gasteiger partial charge in [-0.05, 0) is 25.3 Å². The van der Waals surface area contributed by atoms with Gasteiger partial charge in [0, 0.05) is 24.4 Å². The SMILES string of the molecule is Cc1nc(Cl)c(C=O)c(N(C)C(C)Cc2cccs2)n1. The normalized spacial score (nSPS) is 12.2. The second-order valence-electron chi connectivity index (χ2n) is 4.66. The zero-order valence-electron chi connectivity index (χ0n) is 11.6. The molecule has 2 heterocycles. The molecule has 0 bridgehead atoms. The van der Waals surface area contributed by atoms with Gasteiger partial charge in [-0.3, -0.25) is 4.79 Å². The van der Waals surface area contributed by atoms with Gasteiger partial charge < -0.3 is 4.90 Å². The maximum atomic E-state index is 11.2. The molecule has 1 unspecified atom stereocenters. The van der Waals surface area contributed by atoms with Crippen LogP contribution in [0, 0.1) is 6.92 Å². The van der Waals surface area contributed by atoms with Gasteiger partial charge in [-0.15, -0.1) is 11.3 Å². The topological polar surface area (TPSA) is 46.1 Å². The van der Waals surface area contributed by atoms with Gasteiger partial charge in [0.1, 0.15) is 16.8 Å². The first-order chi connectivity index (χ1) is 9.52. The van der Waals surface area contributed by atoms with E-state index in [0.29, 0.717) is 23.5 Å². The van der Waals surface area contributed by atoms with E-state index in [4.69, 9.17) is 11.6 Å². The molecule has 20 heavy (non-hydrogen) atoms. The number of hydrogen-bond acceptors (Lipinski definition) is 5. The summed E-state index contributed by atoms with van der Waals surface area (Å²) in [6.45, 7) is 3.86. The summed E-state index contributed by atoms with van der Waals surface area (Å²) < 4.78 is 0. The van der Waals surface area contributed by atoms with E-state index < -0.39 is 0 Å². The summed E-state index contributed by atoms with van der Waals surface area (Å²) in [5.74, 6) is 1.15. The molecule has 0 spiro atoms. The highest BCUT2D eigenvalue weighted by atomic mass is 35.5. The summed E-state index contributed by atoms with van der Waals surface area (Å²) in [6, 6.07) is 4.35. The average Bonchev–Trinajstić information content (AvgIpc) is 2.89. The Morgan fingerprint density at radius 2 is 2.25 bits per heavy atom. The number of carbonyl (C=O) groups excluding carboxylic acids is 1. The van der Waals surface area contributed by atoms with E-state index in [-0.39, 0.29) is 11.2 Å². The quantitative estimate of drug-likeness (QED) is 0.627. The van der Waals surface area contributed by atoms with Gasteiger partial charge in [-0.25, -0.2) is 9.97 Å². The van der Waals surface area contributed by atoms with Gasteiger partial charge in [0.05, 0.1) is 5.56 Å². The Labute approximate surface area is 127 Å². The first-order valence-electron chi connectivity index (χ1n) is 6.27. The summed E-state index contributed by atoms with van der Waals surface area (Å²) in [5, 5.41) is 2.27. The van der Waals surface area contributed by atoms with Gasteiger partial charge in [-0.1, -0.05) is 17.7 Å². The third kappa shape index (κ3) is 3.16. The Morgan fingerprint density at radius 1 is 1.50 bits per heavy atom. The summed E-state index contributed by atoms with van der Waals surface area (Å²) in [7, 11) is 1.92. The van der Waals surface area contributed by atoms with Crippen LogP contribution in [-0.2, 0) is 6.42 Å². The lowest BCUT2D eigenvalue weighted by Crippen LogP contribution is -2.32. The fourth-order valence-corrected chi connectivity index (χ4v) is 3.05. The molecule has 0 saturated carbocycles. The van der Waals surface area contributed by atoms with Crippen molar-refractivity contribution in [1.82, 2.24) is 9.97 Å². The van der Waals surface area contributed by atoms with Crippen molar-refractivity contribution in [3.05, 3.63) is 38.9 Å². The Kier molecular flexibility index (Phi) is 4.73. The van der Waals surface area contributed by atoms with Crippen LogP contribution in [-0.4, -0.2) is 29.3 Å². The van der Waals surface area contributed by atoms with Crippen LogP contribution in [0.2, 0.25) is 5.15 Å². The lowest BCUT2D eigenvalue weighted by atomic mass is 10.1. The van der Waals surface area contributed by atoms with Gasteiger partial charge in [0.25, 0.3) is 0 Å². The van der Waals surface area contributed by atoms with E-state index in [1.807, 2.05) is 18.0 Å². The number of aromatic nitrogens is 2. The van der Waals surface area contributed by atoms with Crippen LogP contribution in [0.25, 0.3) is 0 Å². The average molecular weight is 310 g/mol. The number of likely N-dealkylation sites (N-methyl/N-ethyl adjacent to an activating group) is 1. The van der Waals surface area contributed by atoms with E-state index in [0.717, 1.165) is 6.42 Å². The van der Waals surface area contributed by atoms with Crippen LogP contribution in [0.5, 0.6) is 0 Å². The summed E-state index contributed by atoms with van der Waals surface area (Å²) in [4.78, 5) is 22.9. The molecule has 0 aliphatic rings. The number of nitrogens with zero attached hydrogens (tertiary/aromatic N) is 3. The number of hydrogen-bond donors (Lipinski definition) is 0. The minimum atomic E-state index is 0.206. The van der Waals surface area contributed by atoms with Gasteiger partial charge >= 0.3 is 0 Å². The fraction of sp³-hybridized carbons (Fsp3) is 0.357. The van der Waals surface area contributed by atoms with Crippen LogP contribution in [0.3, 0.4) is 0 Å². The molecule has 0 amide bonds. The minimum absolute atomic E-state index is 0.206. The molecular formula is C14H16ClN3OS. The van der Waals surface area contributed by atoms with Gasteiger partial charge in [-0.2, -0.15) is 0 Å². The van der Waals surface area contributed by atoms with Crippen LogP contribution in [0.1, 0.15) is 28.0 Å². The molecule has 2 aromatic heterocycles. The lowest BCUT2D eigenvalue weighted by molar-refractivity contribution is 0.112.